The van der Waals surface area contributed by atoms with Gasteiger partial charge in [-0.25, -0.2) is 0 Å². The van der Waals surface area contributed by atoms with Gasteiger partial charge in [-0.15, -0.1) is 0 Å². The highest BCUT2D eigenvalue weighted by molar-refractivity contribution is 5.81. The highest BCUT2D eigenvalue weighted by atomic mass is 16.3. The van der Waals surface area contributed by atoms with Crippen LogP contribution in [0.4, 0.5) is 0 Å². The van der Waals surface area contributed by atoms with E-state index in [0.29, 0.717) is 12.3 Å². The summed E-state index contributed by atoms with van der Waals surface area (Å²) >= 11 is 0. The molecule has 2 unspecified atom stereocenters. The molecular weight excluding hydrogens is 290 g/mol. The van der Waals surface area contributed by atoms with Gasteiger partial charge in [-0.05, 0) is 49.8 Å². The molecule has 1 aromatic carbocycles. The fraction of sp³-hybridized carbons (Fsp3) is 0.579. The lowest BCUT2D eigenvalue weighted by atomic mass is 9.88. The molecule has 1 heterocycles. The van der Waals surface area contributed by atoms with Gasteiger partial charge in [-0.3, -0.25) is 9.59 Å². The largest absolute Gasteiger partial charge is 0.508 e. The Labute approximate surface area is 138 Å². The molecule has 1 saturated heterocycles. The molecule has 1 aliphatic heterocycles. The zero-order chi connectivity index (χ0) is 17.0. The van der Waals surface area contributed by atoms with Crippen molar-refractivity contribution in [3.05, 3.63) is 29.8 Å². The maximum Gasteiger partial charge on any atom is 0.225 e. The average molecular weight is 317 g/mol. The Morgan fingerprint density at radius 1 is 1.13 bits per heavy atom. The van der Waals surface area contributed by atoms with Crippen LogP contribution in [0, 0.1) is 11.8 Å². The quantitative estimate of drug-likeness (QED) is 0.906. The smallest absolute Gasteiger partial charge is 0.225 e. The van der Waals surface area contributed by atoms with Crippen molar-refractivity contribution in [1.82, 2.24) is 4.90 Å². The Kier molecular flexibility index (Phi) is 5.80. The number of amides is 1. The van der Waals surface area contributed by atoms with E-state index in [1.807, 2.05) is 30.9 Å². The molecular formula is C19H27NO3. The van der Waals surface area contributed by atoms with Gasteiger partial charge in [-0.1, -0.05) is 26.0 Å². The zero-order valence-corrected chi connectivity index (χ0v) is 14.3. The Morgan fingerprint density at radius 3 is 2.22 bits per heavy atom. The lowest BCUT2D eigenvalue weighted by Gasteiger charge is -2.34. The number of piperidine rings is 1. The van der Waals surface area contributed by atoms with Crippen molar-refractivity contribution in [2.45, 2.75) is 46.0 Å². The number of nitrogens with zero attached hydrogens (tertiary/aromatic N) is 1. The first-order valence-electron chi connectivity index (χ1n) is 8.46. The Balaban J connectivity index is 1.87. The van der Waals surface area contributed by atoms with Gasteiger partial charge in [0, 0.05) is 24.9 Å². The number of hydrogen-bond donors (Lipinski definition) is 1. The van der Waals surface area contributed by atoms with Crippen molar-refractivity contribution >= 4 is 11.7 Å². The highest BCUT2D eigenvalue weighted by Gasteiger charge is 2.28. The molecule has 0 spiro atoms. The second kappa shape index (κ2) is 7.62. The minimum atomic E-state index is -0.0980. The van der Waals surface area contributed by atoms with Crippen LogP contribution in [0.15, 0.2) is 24.3 Å². The minimum Gasteiger partial charge on any atom is -0.508 e. The maximum absolute atomic E-state index is 12.5. The Morgan fingerprint density at radius 2 is 1.70 bits per heavy atom. The number of benzene rings is 1. The molecule has 1 fully saturated rings. The Hall–Kier alpha value is -1.84. The number of carbonyl (C=O) groups excluding carboxylic acids is 2. The summed E-state index contributed by atoms with van der Waals surface area (Å²) in [6, 6.07) is 7.37. The number of likely N-dealkylation sites (tertiary alicyclic amines) is 1. The van der Waals surface area contributed by atoms with Crippen molar-refractivity contribution in [2.75, 3.05) is 13.1 Å². The summed E-state index contributed by atoms with van der Waals surface area (Å²) in [4.78, 5) is 25.8. The van der Waals surface area contributed by atoms with Gasteiger partial charge in [0.05, 0.1) is 0 Å². The predicted molar refractivity (Wildman–Crippen MR) is 90.3 cm³/mol. The van der Waals surface area contributed by atoms with Crippen LogP contribution in [0.1, 0.15) is 51.5 Å². The van der Waals surface area contributed by atoms with Crippen LogP contribution in [0.5, 0.6) is 5.75 Å². The van der Waals surface area contributed by atoms with Gasteiger partial charge in [0.1, 0.15) is 11.5 Å². The van der Waals surface area contributed by atoms with Crippen molar-refractivity contribution in [3.8, 4) is 5.75 Å². The molecule has 0 saturated carbocycles. The molecule has 1 N–H and O–H groups in total. The second-order valence-electron chi connectivity index (χ2n) is 6.84. The van der Waals surface area contributed by atoms with Crippen LogP contribution in [0.3, 0.4) is 0 Å². The zero-order valence-electron chi connectivity index (χ0n) is 14.3. The SMILES string of the molecule is CC(=O)C(C)CC(C)C(=O)N1CCC(c2ccc(O)cc2)CC1. The van der Waals surface area contributed by atoms with Crippen LogP contribution in [-0.2, 0) is 9.59 Å². The summed E-state index contributed by atoms with van der Waals surface area (Å²) in [6.45, 7) is 6.94. The van der Waals surface area contributed by atoms with Crippen LogP contribution >= 0.6 is 0 Å². The van der Waals surface area contributed by atoms with Crippen molar-refractivity contribution in [3.63, 3.8) is 0 Å². The summed E-state index contributed by atoms with van der Waals surface area (Å²) in [7, 11) is 0. The van der Waals surface area contributed by atoms with E-state index in [4.69, 9.17) is 0 Å². The molecule has 0 radical (unpaired) electrons. The third kappa shape index (κ3) is 4.57. The second-order valence-corrected chi connectivity index (χ2v) is 6.84. The van der Waals surface area contributed by atoms with Crippen LogP contribution < -0.4 is 0 Å². The molecule has 2 atom stereocenters. The monoisotopic (exact) mass is 317 g/mol. The molecule has 4 nitrogen and oxygen atoms in total. The predicted octanol–water partition coefficient (Wildman–Crippen LogP) is 3.35. The third-order valence-electron chi connectivity index (χ3n) is 4.99. The molecule has 0 bridgehead atoms. The molecule has 1 amide bonds. The molecule has 4 heteroatoms. The fourth-order valence-corrected chi connectivity index (χ4v) is 3.29. The van der Waals surface area contributed by atoms with Gasteiger partial charge in [0.2, 0.25) is 5.91 Å². The topological polar surface area (TPSA) is 57.6 Å². The van der Waals surface area contributed by atoms with Crippen molar-refractivity contribution in [2.24, 2.45) is 11.8 Å². The van der Waals surface area contributed by atoms with E-state index in [2.05, 4.69) is 0 Å². The number of carbonyl (C=O) groups is 2. The molecule has 1 aromatic rings. The first-order chi connectivity index (χ1) is 10.9. The summed E-state index contributed by atoms with van der Waals surface area (Å²) in [5.41, 5.74) is 1.23. The van der Waals surface area contributed by atoms with Gasteiger partial charge >= 0.3 is 0 Å². The molecule has 23 heavy (non-hydrogen) atoms. The maximum atomic E-state index is 12.5. The first-order valence-corrected chi connectivity index (χ1v) is 8.46. The van der Waals surface area contributed by atoms with E-state index >= 15 is 0 Å². The van der Waals surface area contributed by atoms with E-state index in [-0.39, 0.29) is 29.3 Å². The number of hydrogen-bond acceptors (Lipinski definition) is 3. The van der Waals surface area contributed by atoms with Crippen LogP contribution in [0.25, 0.3) is 0 Å². The first kappa shape index (κ1) is 17.5. The number of ketones is 1. The third-order valence-corrected chi connectivity index (χ3v) is 4.99. The summed E-state index contributed by atoms with van der Waals surface area (Å²) in [5, 5.41) is 9.36. The summed E-state index contributed by atoms with van der Waals surface area (Å²) in [6.07, 6.45) is 2.53. The fourth-order valence-electron chi connectivity index (χ4n) is 3.29. The van der Waals surface area contributed by atoms with Gasteiger partial charge < -0.3 is 10.0 Å². The number of rotatable bonds is 5. The van der Waals surface area contributed by atoms with E-state index in [9.17, 15) is 14.7 Å². The van der Waals surface area contributed by atoms with Crippen molar-refractivity contribution < 1.29 is 14.7 Å². The van der Waals surface area contributed by atoms with E-state index < -0.39 is 0 Å². The molecule has 126 valence electrons. The van der Waals surface area contributed by atoms with Crippen LogP contribution in [-0.4, -0.2) is 34.8 Å². The molecule has 0 aliphatic carbocycles. The molecule has 0 aromatic heterocycles. The summed E-state index contributed by atoms with van der Waals surface area (Å²) < 4.78 is 0. The minimum absolute atomic E-state index is 0.0523. The van der Waals surface area contributed by atoms with E-state index in [1.54, 1.807) is 19.1 Å². The van der Waals surface area contributed by atoms with E-state index in [0.717, 1.165) is 25.9 Å². The van der Waals surface area contributed by atoms with Gasteiger partial charge in [-0.2, -0.15) is 0 Å². The normalized spacial score (nSPS) is 18.5. The molecule has 2 rings (SSSR count). The molecule has 1 aliphatic rings. The number of Topliss-reactive ketones (excluding diaryl/α,β-unsaturated/α-hetero) is 1. The lowest BCUT2D eigenvalue weighted by molar-refractivity contribution is -0.136. The summed E-state index contributed by atoms with van der Waals surface area (Å²) in [5.74, 6) is 0.904. The standard InChI is InChI=1S/C19H27NO3/c1-13(15(3)21)12-14(2)19(23)20-10-8-17(9-11-20)16-4-6-18(22)7-5-16/h4-7,13-14,17,22H,8-12H2,1-3H3. The van der Waals surface area contributed by atoms with Crippen LogP contribution in [0.2, 0.25) is 0 Å². The number of phenolic OH excluding ortho intramolecular Hbond substituents is 1. The van der Waals surface area contributed by atoms with Crippen molar-refractivity contribution in [1.29, 1.82) is 0 Å². The van der Waals surface area contributed by atoms with E-state index in [1.165, 1.54) is 5.56 Å². The lowest BCUT2D eigenvalue weighted by Crippen LogP contribution is -2.41. The number of phenols is 1. The Bertz CT molecular complexity index is 544. The highest BCUT2D eigenvalue weighted by Crippen LogP contribution is 2.30. The number of aromatic hydroxyl groups is 1. The average Bonchev–Trinajstić information content (AvgIpc) is 2.55. The van der Waals surface area contributed by atoms with Gasteiger partial charge in [0.15, 0.2) is 0 Å². The van der Waals surface area contributed by atoms with Gasteiger partial charge in [0.25, 0.3) is 0 Å².